The Morgan fingerprint density at radius 2 is 2.00 bits per heavy atom. The molecule has 3 nitrogen and oxygen atoms in total. The van der Waals surface area contributed by atoms with E-state index in [9.17, 15) is 18.0 Å². The molecule has 1 aromatic carbocycles. The van der Waals surface area contributed by atoms with Gasteiger partial charge < -0.3 is 10.6 Å². The van der Waals surface area contributed by atoms with Gasteiger partial charge in [0, 0.05) is 6.54 Å². The molecular formula is C14H17F3N2O. The number of halogens is 3. The lowest BCUT2D eigenvalue weighted by molar-refractivity contribution is -0.216. The van der Waals surface area contributed by atoms with Crippen LogP contribution in [0.15, 0.2) is 30.3 Å². The summed E-state index contributed by atoms with van der Waals surface area (Å²) in [6.07, 6.45) is -4.76. The summed E-state index contributed by atoms with van der Waals surface area (Å²) in [7, 11) is 0. The van der Waals surface area contributed by atoms with Crippen LogP contribution in [0.1, 0.15) is 24.9 Å². The number of hydrogen-bond acceptors (Lipinski definition) is 2. The lowest BCUT2D eigenvalue weighted by Crippen LogP contribution is -2.52. The van der Waals surface area contributed by atoms with Crippen LogP contribution in [0.4, 0.5) is 13.2 Å². The SMILES string of the molecule is CC(NC(=O)C1(C(F)(F)F)CCNC1)c1ccccc1. The molecule has 0 aliphatic carbocycles. The van der Waals surface area contributed by atoms with E-state index >= 15 is 0 Å². The van der Waals surface area contributed by atoms with Gasteiger partial charge in [0.15, 0.2) is 5.41 Å². The molecule has 110 valence electrons. The van der Waals surface area contributed by atoms with Crippen LogP contribution in [0.5, 0.6) is 0 Å². The van der Waals surface area contributed by atoms with Crippen LogP contribution < -0.4 is 10.6 Å². The molecule has 1 aliphatic heterocycles. The zero-order valence-corrected chi connectivity index (χ0v) is 11.1. The number of nitrogens with one attached hydrogen (secondary N) is 2. The first-order valence-electron chi connectivity index (χ1n) is 6.50. The second-order valence-electron chi connectivity index (χ2n) is 5.11. The topological polar surface area (TPSA) is 41.1 Å². The average Bonchev–Trinajstić information content (AvgIpc) is 2.90. The van der Waals surface area contributed by atoms with Crippen LogP contribution in [0, 0.1) is 5.41 Å². The zero-order valence-electron chi connectivity index (χ0n) is 11.1. The van der Waals surface area contributed by atoms with Gasteiger partial charge in [0.1, 0.15) is 0 Å². The molecule has 6 heteroatoms. The van der Waals surface area contributed by atoms with E-state index in [2.05, 4.69) is 10.6 Å². The standard InChI is InChI=1S/C14H17F3N2O/c1-10(11-5-3-2-4-6-11)19-12(20)13(14(15,16)17)7-8-18-9-13/h2-6,10,18H,7-9H2,1H3,(H,19,20). The van der Waals surface area contributed by atoms with Gasteiger partial charge >= 0.3 is 6.18 Å². The maximum absolute atomic E-state index is 13.2. The fourth-order valence-corrected chi connectivity index (χ4v) is 2.42. The highest BCUT2D eigenvalue weighted by molar-refractivity contribution is 5.84. The molecule has 20 heavy (non-hydrogen) atoms. The van der Waals surface area contributed by atoms with Crippen LogP contribution in [0.3, 0.4) is 0 Å². The predicted octanol–water partition coefficient (Wildman–Crippen LogP) is 2.41. The number of alkyl halides is 3. The van der Waals surface area contributed by atoms with Crippen molar-refractivity contribution in [3.05, 3.63) is 35.9 Å². The minimum Gasteiger partial charge on any atom is -0.349 e. The molecule has 0 radical (unpaired) electrons. The highest BCUT2D eigenvalue weighted by Crippen LogP contribution is 2.43. The van der Waals surface area contributed by atoms with Crippen LogP contribution in [0.2, 0.25) is 0 Å². The summed E-state index contributed by atoms with van der Waals surface area (Å²) < 4.78 is 39.7. The number of carbonyl (C=O) groups is 1. The third kappa shape index (κ3) is 2.65. The van der Waals surface area contributed by atoms with Crippen molar-refractivity contribution in [2.24, 2.45) is 5.41 Å². The third-order valence-corrected chi connectivity index (χ3v) is 3.78. The van der Waals surface area contributed by atoms with Crippen molar-refractivity contribution < 1.29 is 18.0 Å². The fourth-order valence-electron chi connectivity index (χ4n) is 2.42. The first-order valence-corrected chi connectivity index (χ1v) is 6.50. The van der Waals surface area contributed by atoms with E-state index in [4.69, 9.17) is 0 Å². The molecule has 0 aromatic heterocycles. The molecule has 1 saturated heterocycles. The van der Waals surface area contributed by atoms with E-state index in [1.54, 1.807) is 31.2 Å². The number of benzene rings is 1. The number of rotatable bonds is 3. The van der Waals surface area contributed by atoms with Gasteiger partial charge in [-0.3, -0.25) is 4.79 Å². The van der Waals surface area contributed by atoms with Crippen molar-refractivity contribution in [1.29, 1.82) is 0 Å². The quantitative estimate of drug-likeness (QED) is 0.896. The molecule has 1 aromatic rings. The monoisotopic (exact) mass is 286 g/mol. The van der Waals surface area contributed by atoms with Gasteiger partial charge in [0.25, 0.3) is 0 Å². The van der Waals surface area contributed by atoms with Gasteiger partial charge in [-0.1, -0.05) is 30.3 Å². The summed E-state index contributed by atoms with van der Waals surface area (Å²) in [5.74, 6) is -0.952. The normalized spacial score (nSPS) is 24.4. The van der Waals surface area contributed by atoms with Crippen LogP contribution in [0.25, 0.3) is 0 Å². The first kappa shape index (κ1) is 14.8. The Labute approximate surface area is 115 Å². The van der Waals surface area contributed by atoms with Gasteiger partial charge in [-0.05, 0) is 25.5 Å². The molecule has 0 spiro atoms. The molecule has 1 fully saturated rings. The maximum Gasteiger partial charge on any atom is 0.404 e. The first-order chi connectivity index (χ1) is 9.37. The minimum absolute atomic E-state index is 0.201. The van der Waals surface area contributed by atoms with Gasteiger partial charge in [0.05, 0.1) is 6.04 Å². The number of amides is 1. The smallest absolute Gasteiger partial charge is 0.349 e. The zero-order chi connectivity index (χ0) is 14.8. The second-order valence-corrected chi connectivity index (χ2v) is 5.11. The van der Waals surface area contributed by atoms with E-state index in [1.165, 1.54) is 0 Å². The van der Waals surface area contributed by atoms with Gasteiger partial charge in [0.2, 0.25) is 5.91 Å². The Balaban J connectivity index is 2.14. The van der Waals surface area contributed by atoms with Crippen molar-refractivity contribution in [3.63, 3.8) is 0 Å². The van der Waals surface area contributed by atoms with E-state index in [-0.39, 0.29) is 19.5 Å². The lowest BCUT2D eigenvalue weighted by atomic mass is 9.84. The summed E-state index contributed by atoms with van der Waals surface area (Å²) in [6, 6.07) is 8.49. The van der Waals surface area contributed by atoms with Crippen molar-refractivity contribution in [2.45, 2.75) is 25.6 Å². The largest absolute Gasteiger partial charge is 0.404 e. The molecule has 0 saturated carbocycles. The van der Waals surface area contributed by atoms with Gasteiger partial charge in [-0.25, -0.2) is 0 Å². The van der Waals surface area contributed by atoms with E-state index in [0.29, 0.717) is 0 Å². The molecular weight excluding hydrogens is 269 g/mol. The summed E-state index contributed by atoms with van der Waals surface area (Å²) in [4.78, 5) is 12.1. The van der Waals surface area contributed by atoms with Crippen molar-refractivity contribution in [2.75, 3.05) is 13.1 Å². The van der Waals surface area contributed by atoms with E-state index in [0.717, 1.165) is 5.56 Å². The Bertz CT molecular complexity index is 467. The molecule has 0 bridgehead atoms. The van der Waals surface area contributed by atoms with Crippen molar-refractivity contribution >= 4 is 5.91 Å². The summed E-state index contributed by atoms with van der Waals surface area (Å²) in [5.41, 5.74) is -1.53. The predicted molar refractivity (Wildman–Crippen MR) is 69.0 cm³/mol. The van der Waals surface area contributed by atoms with Crippen LogP contribution in [-0.4, -0.2) is 25.2 Å². The Morgan fingerprint density at radius 1 is 1.35 bits per heavy atom. The van der Waals surface area contributed by atoms with Crippen molar-refractivity contribution in [1.82, 2.24) is 10.6 Å². The summed E-state index contributed by atoms with van der Waals surface area (Å²) >= 11 is 0. The molecule has 1 amide bonds. The average molecular weight is 286 g/mol. The van der Waals surface area contributed by atoms with E-state index in [1.807, 2.05) is 6.07 Å². The van der Waals surface area contributed by atoms with Gasteiger partial charge in [-0.2, -0.15) is 13.2 Å². The van der Waals surface area contributed by atoms with Crippen LogP contribution >= 0.6 is 0 Å². The molecule has 1 heterocycles. The Morgan fingerprint density at radius 3 is 2.50 bits per heavy atom. The molecule has 2 rings (SSSR count). The Hall–Kier alpha value is -1.56. The molecule has 1 aliphatic rings. The summed E-state index contributed by atoms with van der Waals surface area (Å²) in [5, 5.41) is 5.12. The maximum atomic E-state index is 13.2. The third-order valence-electron chi connectivity index (χ3n) is 3.78. The Kier molecular flexibility index (Phi) is 4.04. The van der Waals surface area contributed by atoms with E-state index < -0.39 is 23.5 Å². The number of hydrogen-bond donors (Lipinski definition) is 2. The fraction of sp³-hybridized carbons (Fsp3) is 0.500. The highest BCUT2D eigenvalue weighted by Gasteiger charge is 2.61. The molecule has 2 N–H and O–H groups in total. The summed E-state index contributed by atoms with van der Waals surface area (Å²) in [6.45, 7) is 1.52. The molecule has 2 unspecified atom stereocenters. The number of carbonyl (C=O) groups excluding carboxylic acids is 1. The highest BCUT2D eigenvalue weighted by atomic mass is 19.4. The van der Waals surface area contributed by atoms with Crippen molar-refractivity contribution in [3.8, 4) is 0 Å². The minimum atomic E-state index is -4.54. The molecule has 2 atom stereocenters. The second kappa shape index (κ2) is 5.44. The lowest BCUT2D eigenvalue weighted by Gasteiger charge is -2.30. The van der Waals surface area contributed by atoms with Gasteiger partial charge in [-0.15, -0.1) is 0 Å². The van der Waals surface area contributed by atoms with Crippen LogP contribution in [-0.2, 0) is 4.79 Å².